The summed E-state index contributed by atoms with van der Waals surface area (Å²) in [5.41, 5.74) is 2.90. The molecule has 1 aliphatic rings. The van der Waals surface area contributed by atoms with Crippen LogP contribution in [0, 0.1) is 5.92 Å². The number of nitrogens with one attached hydrogen (secondary N) is 2. The lowest BCUT2D eigenvalue weighted by atomic mass is 10.0. The highest BCUT2D eigenvalue weighted by atomic mass is 35.5. The van der Waals surface area contributed by atoms with Crippen molar-refractivity contribution in [2.24, 2.45) is 5.92 Å². The summed E-state index contributed by atoms with van der Waals surface area (Å²) in [7, 11) is -3.60. The minimum absolute atomic E-state index is 0.113. The Morgan fingerprint density at radius 3 is 2.31 bits per heavy atom. The van der Waals surface area contributed by atoms with Gasteiger partial charge in [0.25, 0.3) is 10.2 Å². The van der Waals surface area contributed by atoms with Crippen LogP contribution in [0.5, 0.6) is 0 Å². The average Bonchev–Trinajstić information content (AvgIpc) is 2.76. The third kappa shape index (κ3) is 6.21. The third-order valence-corrected chi connectivity index (χ3v) is 8.58. The zero-order valence-electron chi connectivity index (χ0n) is 18.4. The van der Waals surface area contributed by atoms with Gasteiger partial charge in [-0.1, -0.05) is 24.6 Å². The molecule has 3 rings (SSSR count). The molecule has 0 amide bonds. The topological polar surface area (TPSA) is 98.8 Å². The molecule has 2 N–H and O–H groups in total. The van der Waals surface area contributed by atoms with Crippen molar-refractivity contribution < 1.29 is 16.8 Å². The van der Waals surface area contributed by atoms with Crippen LogP contribution in [0.2, 0.25) is 5.02 Å². The lowest BCUT2D eigenvalue weighted by Crippen LogP contribution is -2.45. The number of halogens is 1. The van der Waals surface area contributed by atoms with Crippen molar-refractivity contribution >= 4 is 37.5 Å². The maximum atomic E-state index is 12.7. The van der Waals surface area contributed by atoms with Crippen LogP contribution in [0.25, 0.3) is 0 Å². The van der Waals surface area contributed by atoms with Crippen LogP contribution in [0.15, 0.2) is 47.4 Å². The molecule has 0 fully saturated rings. The van der Waals surface area contributed by atoms with Crippen LogP contribution < -0.4 is 14.3 Å². The van der Waals surface area contributed by atoms with Gasteiger partial charge < -0.3 is 4.90 Å². The number of sulfonamides is 1. The maximum absolute atomic E-state index is 12.7. The molecule has 0 bridgehead atoms. The monoisotopic (exact) mass is 500 g/mol. The Hall–Kier alpha value is -1.69. The van der Waals surface area contributed by atoms with E-state index in [2.05, 4.69) is 9.44 Å². The van der Waals surface area contributed by atoms with Crippen molar-refractivity contribution in [1.82, 2.24) is 13.7 Å². The first-order valence-electron chi connectivity index (χ1n) is 10.3. The van der Waals surface area contributed by atoms with Gasteiger partial charge in [-0.3, -0.25) is 0 Å². The maximum Gasteiger partial charge on any atom is 0.279 e. The zero-order valence-corrected chi connectivity index (χ0v) is 20.8. The molecule has 0 aromatic heterocycles. The second-order valence-corrected chi connectivity index (χ2v) is 12.2. The lowest BCUT2D eigenvalue weighted by Gasteiger charge is -2.28. The second kappa shape index (κ2) is 10.1. The number of fused-ring (bicyclic) bond motifs is 1. The fourth-order valence-corrected chi connectivity index (χ4v) is 6.05. The first kappa shape index (κ1) is 24.9. The Kier molecular flexibility index (Phi) is 7.85. The highest BCUT2D eigenvalue weighted by Crippen LogP contribution is 2.24. The number of nitrogens with zero attached hydrogens (tertiary/aromatic N) is 2. The fraction of sp³-hybridized carbons (Fsp3) is 0.429. The summed E-state index contributed by atoms with van der Waals surface area (Å²) in [6, 6.07) is 12.0. The molecule has 1 atom stereocenters. The molecule has 32 heavy (non-hydrogen) atoms. The first-order chi connectivity index (χ1) is 15.0. The highest BCUT2D eigenvalue weighted by Gasteiger charge is 2.27. The number of benzene rings is 2. The Balaban J connectivity index is 1.52. The molecular weight excluding hydrogens is 472 g/mol. The Labute approximate surface area is 195 Å². The van der Waals surface area contributed by atoms with Gasteiger partial charge in [-0.25, -0.2) is 17.9 Å². The molecule has 8 nitrogen and oxygen atoms in total. The van der Waals surface area contributed by atoms with E-state index >= 15 is 0 Å². The van der Waals surface area contributed by atoms with Gasteiger partial charge >= 0.3 is 0 Å². The van der Waals surface area contributed by atoms with Gasteiger partial charge in [-0.2, -0.15) is 12.7 Å². The predicted octanol–water partition coefficient (Wildman–Crippen LogP) is 2.21. The molecule has 2 aromatic rings. The largest absolute Gasteiger partial charge is 0.378 e. The van der Waals surface area contributed by atoms with Crippen molar-refractivity contribution in [3.63, 3.8) is 0 Å². The van der Waals surface area contributed by atoms with E-state index in [-0.39, 0.29) is 30.4 Å². The summed E-state index contributed by atoms with van der Waals surface area (Å²) in [5.74, 6) is -0.239. The van der Waals surface area contributed by atoms with E-state index in [0.717, 1.165) is 16.8 Å². The van der Waals surface area contributed by atoms with E-state index in [4.69, 9.17) is 11.6 Å². The Morgan fingerprint density at radius 1 is 1.00 bits per heavy atom. The van der Waals surface area contributed by atoms with E-state index in [1.807, 2.05) is 31.1 Å². The molecule has 1 aliphatic heterocycles. The van der Waals surface area contributed by atoms with Gasteiger partial charge in [0.15, 0.2) is 0 Å². The lowest BCUT2D eigenvalue weighted by molar-refractivity contribution is 0.380. The molecule has 11 heteroatoms. The smallest absolute Gasteiger partial charge is 0.279 e. The molecule has 1 heterocycles. The zero-order chi connectivity index (χ0) is 23.5. The molecule has 2 aromatic carbocycles. The SMILES string of the molecule is CC(CNS(=O)(=O)c1ccc(N(C)C)cc1)CNS(=O)(=O)N1CCc2cc(Cl)ccc2C1. The van der Waals surface area contributed by atoms with E-state index in [0.29, 0.717) is 18.0 Å². The summed E-state index contributed by atoms with van der Waals surface area (Å²) in [4.78, 5) is 2.05. The molecular formula is C21H29ClN4O4S2. The molecule has 176 valence electrons. The van der Waals surface area contributed by atoms with Gasteiger partial charge in [0.05, 0.1) is 4.90 Å². The van der Waals surface area contributed by atoms with Crippen molar-refractivity contribution in [2.45, 2.75) is 24.8 Å². The molecule has 0 radical (unpaired) electrons. The highest BCUT2D eigenvalue weighted by molar-refractivity contribution is 7.89. The van der Waals surface area contributed by atoms with Gasteiger partial charge in [0.1, 0.15) is 0 Å². The van der Waals surface area contributed by atoms with Gasteiger partial charge in [-0.15, -0.1) is 0 Å². The van der Waals surface area contributed by atoms with Crippen LogP contribution in [-0.4, -0.2) is 54.9 Å². The molecule has 0 saturated heterocycles. The third-order valence-electron chi connectivity index (χ3n) is 5.38. The summed E-state index contributed by atoms with van der Waals surface area (Å²) >= 11 is 6.01. The van der Waals surface area contributed by atoms with Crippen LogP contribution in [0.3, 0.4) is 0 Å². The second-order valence-electron chi connectivity index (χ2n) is 8.20. The van der Waals surface area contributed by atoms with Crippen molar-refractivity contribution in [3.8, 4) is 0 Å². The van der Waals surface area contributed by atoms with E-state index in [1.165, 1.54) is 4.31 Å². The van der Waals surface area contributed by atoms with Gasteiger partial charge in [-0.05, 0) is 59.9 Å². The van der Waals surface area contributed by atoms with Gasteiger partial charge in [0, 0.05) is 51.0 Å². The molecule has 0 spiro atoms. The summed E-state index contributed by atoms with van der Waals surface area (Å²) in [5, 5.41) is 0.642. The number of anilines is 1. The summed E-state index contributed by atoms with van der Waals surface area (Å²) in [6.45, 7) is 2.67. The van der Waals surface area contributed by atoms with E-state index < -0.39 is 20.2 Å². The number of hydrogen-bond donors (Lipinski definition) is 2. The molecule has 0 saturated carbocycles. The van der Waals surface area contributed by atoms with E-state index in [1.54, 1.807) is 37.3 Å². The standard InChI is InChI=1S/C21H29ClN4O4S2/c1-16(13-23-31(27,28)21-8-6-20(7-9-21)25(2)3)14-24-32(29,30)26-11-10-17-12-19(22)5-4-18(17)15-26/h4-9,12,16,23-24H,10-11,13-15H2,1-3H3. The van der Waals surface area contributed by atoms with Crippen LogP contribution in [0.1, 0.15) is 18.1 Å². The quantitative estimate of drug-likeness (QED) is 0.550. The summed E-state index contributed by atoms with van der Waals surface area (Å²) in [6.07, 6.45) is 0.596. The van der Waals surface area contributed by atoms with Gasteiger partial charge in [0.2, 0.25) is 10.0 Å². The number of rotatable bonds is 9. The van der Waals surface area contributed by atoms with Crippen molar-refractivity contribution in [3.05, 3.63) is 58.6 Å². The van der Waals surface area contributed by atoms with E-state index in [9.17, 15) is 16.8 Å². The Bertz CT molecular complexity index is 1150. The van der Waals surface area contributed by atoms with Crippen LogP contribution in [-0.2, 0) is 33.2 Å². The summed E-state index contributed by atoms with van der Waals surface area (Å²) < 4.78 is 57.0. The van der Waals surface area contributed by atoms with Crippen LogP contribution in [0.4, 0.5) is 5.69 Å². The Morgan fingerprint density at radius 2 is 1.66 bits per heavy atom. The van der Waals surface area contributed by atoms with Crippen molar-refractivity contribution in [1.29, 1.82) is 0 Å². The fourth-order valence-electron chi connectivity index (χ4n) is 3.37. The van der Waals surface area contributed by atoms with Crippen LogP contribution >= 0.6 is 11.6 Å². The minimum atomic E-state index is -3.68. The molecule has 0 aliphatic carbocycles. The normalized spacial score (nSPS) is 15.9. The number of hydrogen-bond acceptors (Lipinski definition) is 5. The van der Waals surface area contributed by atoms with Crippen molar-refractivity contribution in [2.75, 3.05) is 38.6 Å². The first-order valence-corrected chi connectivity index (χ1v) is 13.6. The minimum Gasteiger partial charge on any atom is -0.378 e. The predicted molar refractivity (Wildman–Crippen MR) is 128 cm³/mol. The average molecular weight is 501 g/mol. The molecule has 1 unspecified atom stereocenters.